The van der Waals surface area contributed by atoms with Crippen LogP contribution in [0.1, 0.15) is 101 Å². The Balaban J connectivity index is 1.08. The minimum atomic E-state index is -0.421. The van der Waals surface area contributed by atoms with E-state index in [2.05, 4.69) is 266 Å². The Hall–Kier alpha value is -7.40. The van der Waals surface area contributed by atoms with Crippen LogP contribution in [0.3, 0.4) is 0 Å². The summed E-state index contributed by atoms with van der Waals surface area (Å²) in [5.74, 6) is 0. The molecular formula is C69H59BN2S. The lowest BCUT2D eigenvalue weighted by molar-refractivity contribution is 0.572. The summed E-state index contributed by atoms with van der Waals surface area (Å²) < 4.78 is 2.71. The van der Waals surface area contributed by atoms with Gasteiger partial charge in [-0.2, -0.15) is 0 Å². The van der Waals surface area contributed by atoms with E-state index in [0.717, 1.165) is 5.69 Å². The maximum Gasteiger partial charge on any atom is 0.264 e. The van der Waals surface area contributed by atoms with Crippen LogP contribution in [0.2, 0.25) is 0 Å². The number of anilines is 6. The van der Waals surface area contributed by atoms with Crippen molar-refractivity contribution in [1.82, 2.24) is 0 Å². The Kier molecular flexibility index (Phi) is 9.30. The molecule has 0 saturated carbocycles. The summed E-state index contributed by atoms with van der Waals surface area (Å²) in [5.41, 5.74) is 27.0. The highest BCUT2D eigenvalue weighted by Gasteiger charge is 2.53. The highest BCUT2D eigenvalue weighted by atomic mass is 32.1. The van der Waals surface area contributed by atoms with Gasteiger partial charge in [0.15, 0.2) is 0 Å². The summed E-state index contributed by atoms with van der Waals surface area (Å²) in [5, 5.41) is 1.30. The molecule has 10 aromatic rings. The number of nitrogens with zero attached hydrogens (tertiary/aromatic N) is 2. The van der Waals surface area contributed by atoms with E-state index in [1.165, 1.54) is 127 Å². The molecule has 0 fully saturated rings. The van der Waals surface area contributed by atoms with E-state index >= 15 is 0 Å². The Morgan fingerprint density at radius 2 is 0.959 bits per heavy atom. The smallest absolute Gasteiger partial charge is 0.264 e. The Labute approximate surface area is 435 Å². The molecule has 1 aromatic heterocycles. The number of thiophene rings is 1. The van der Waals surface area contributed by atoms with Crippen LogP contribution in [-0.4, -0.2) is 6.71 Å². The van der Waals surface area contributed by atoms with Gasteiger partial charge < -0.3 is 9.80 Å². The summed E-state index contributed by atoms with van der Waals surface area (Å²) in [6.07, 6.45) is 0. The molecule has 2 aliphatic heterocycles. The lowest BCUT2D eigenvalue weighted by atomic mass is 9.36. The van der Waals surface area contributed by atoms with Crippen LogP contribution in [0.25, 0.3) is 43.5 Å². The molecular weight excluding hydrogens is 900 g/mol. The zero-order valence-electron chi connectivity index (χ0n) is 43.4. The molecule has 73 heavy (non-hydrogen) atoms. The largest absolute Gasteiger partial charge is 0.311 e. The van der Waals surface area contributed by atoms with E-state index in [1.807, 2.05) is 11.3 Å². The molecule has 4 aliphatic rings. The molecule has 354 valence electrons. The molecule has 0 radical (unpaired) electrons. The molecule has 3 heterocycles. The predicted octanol–water partition coefficient (Wildman–Crippen LogP) is 16.9. The molecule has 2 nitrogen and oxygen atoms in total. The summed E-state index contributed by atoms with van der Waals surface area (Å²) in [4.78, 5) is 5.19. The van der Waals surface area contributed by atoms with Crippen molar-refractivity contribution in [2.45, 2.75) is 84.0 Å². The second kappa shape index (κ2) is 15.3. The zero-order chi connectivity index (χ0) is 49.9. The highest BCUT2D eigenvalue weighted by Crippen LogP contribution is 2.64. The van der Waals surface area contributed by atoms with Crippen LogP contribution >= 0.6 is 11.3 Å². The van der Waals surface area contributed by atoms with E-state index in [1.54, 1.807) is 0 Å². The summed E-state index contributed by atoms with van der Waals surface area (Å²) in [6, 6.07) is 74.8. The molecule has 9 aromatic carbocycles. The first-order valence-corrected chi connectivity index (χ1v) is 27.0. The number of fused-ring (bicyclic) bond motifs is 16. The standard InChI is InChI=1S/C69H59BN2S/c1-66(2,3)43-34-36-45(37-35-43)72-59-32-20-31-58-63(59)70(57-38-33-42(39-60(57)71(58)44-21-11-10-12-22-44)62-54(67(4,5)6)29-19-30-55(62)68(7,8)9)65-64(72)50-40-49-48-25-15-18-28-53(48)69(56(49)41-61(50)73-65)51-26-16-13-23-46(51)47-24-14-17-27-52(47)69/h10-41H,1-9H3. The summed E-state index contributed by atoms with van der Waals surface area (Å²) in [6.45, 7) is 21.1. The fraction of sp³-hybridized carbons (Fsp3) is 0.188. The molecule has 0 atom stereocenters. The summed E-state index contributed by atoms with van der Waals surface area (Å²) in [7, 11) is 0. The average molecular weight is 959 g/mol. The number of para-hydroxylation sites is 1. The number of benzene rings is 9. The van der Waals surface area contributed by atoms with E-state index in [4.69, 9.17) is 0 Å². The highest BCUT2D eigenvalue weighted by molar-refractivity contribution is 7.33. The molecule has 0 unspecified atom stereocenters. The van der Waals surface area contributed by atoms with Crippen LogP contribution in [0.15, 0.2) is 194 Å². The van der Waals surface area contributed by atoms with Crippen molar-refractivity contribution in [2.24, 2.45) is 0 Å². The lowest BCUT2D eigenvalue weighted by Gasteiger charge is -2.43. The SMILES string of the molecule is CC(C)(C)c1ccc(N2c3cccc4c3B(c3ccc(-c5c(C(C)(C)C)cccc5C(C)(C)C)cc3N4c3ccccc3)c3sc4cc5c(cc4c32)-c2ccccc2C52c3ccccc3-c3ccccc32)cc1. The van der Waals surface area contributed by atoms with E-state index in [9.17, 15) is 0 Å². The Bertz CT molecular complexity index is 3850. The molecule has 2 aliphatic carbocycles. The van der Waals surface area contributed by atoms with Crippen molar-refractivity contribution >= 4 is 78.0 Å². The van der Waals surface area contributed by atoms with Crippen molar-refractivity contribution in [2.75, 3.05) is 9.80 Å². The first-order chi connectivity index (χ1) is 35.1. The maximum absolute atomic E-state index is 2.62. The fourth-order valence-electron chi connectivity index (χ4n) is 13.5. The first-order valence-electron chi connectivity index (χ1n) is 26.2. The van der Waals surface area contributed by atoms with Gasteiger partial charge in [0.2, 0.25) is 0 Å². The second-order valence-electron chi connectivity index (χ2n) is 24.0. The van der Waals surface area contributed by atoms with Gasteiger partial charge in [-0.1, -0.05) is 202 Å². The van der Waals surface area contributed by atoms with Crippen LogP contribution in [0.5, 0.6) is 0 Å². The third-order valence-electron chi connectivity index (χ3n) is 16.7. The summed E-state index contributed by atoms with van der Waals surface area (Å²) >= 11 is 2.01. The fourth-order valence-corrected chi connectivity index (χ4v) is 14.8. The second-order valence-corrected chi connectivity index (χ2v) is 25.1. The molecule has 4 heteroatoms. The molecule has 0 N–H and O–H groups in total. The van der Waals surface area contributed by atoms with Gasteiger partial charge in [-0.05, 0) is 154 Å². The van der Waals surface area contributed by atoms with Gasteiger partial charge in [0.05, 0.1) is 11.1 Å². The third kappa shape index (κ3) is 6.17. The molecule has 14 rings (SSSR count). The third-order valence-corrected chi connectivity index (χ3v) is 17.9. The van der Waals surface area contributed by atoms with Crippen LogP contribution in [0.4, 0.5) is 34.1 Å². The van der Waals surface area contributed by atoms with Crippen LogP contribution in [-0.2, 0) is 21.7 Å². The predicted molar refractivity (Wildman–Crippen MR) is 314 cm³/mol. The number of rotatable bonds is 3. The quantitative estimate of drug-likeness (QED) is 0.163. The number of hydrogen-bond acceptors (Lipinski definition) is 3. The molecule has 0 amide bonds. The minimum absolute atomic E-state index is 0.00308. The zero-order valence-corrected chi connectivity index (χ0v) is 44.2. The van der Waals surface area contributed by atoms with E-state index in [0.29, 0.717) is 0 Å². The van der Waals surface area contributed by atoms with E-state index < -0.39 is 5.41 Å². The average Bonchev–Trinajstić information content (AvgIpc) is 4.01. The van der Waals surface area contributed by atoms with Crippen molar-refractivity contribution in [3.8, 4) is 33.4 Å². The van der Waals surface area contributed by atoms with Gasteiger partial charge in [-0.25, -0.2) is 0 Å². The monoisotopic (exact) mass is 958 g/mol. The van der Waals surface area contributed by atoms with Gasteiger partial charge in [-0.15, -0.1) is 11.3 Å². The van der Waals surface area contributed by atoms with Gasteiger partial charge >= 0.3 is 0 Å². The normalized spacial score (nSPS) is 14.7. The van der Waals surface area contributed by atoms with Crippen molar-refractivity contribution in [3.05, 3.63) is 233 Å². The van der Waals surface area contributed by atoms with Crippen LogP contribution in [0, 0.1) is 0 Å². The molecule has 0 bridgehead atoms. The van der Waals surface area contributed by atoms with Crippen molar-refractivity contribution < 1.29 is 0 Å². The van der Waals surface area contributed by atoms with E-state index in [-0.39, 0.29) is 23.0 Å². The van der Waals surface area contributed by atoms with Gasteiger partial charge in [-0.3, -0.25) is 0 Å². The van der Waals surface area contributed by atoms with Crippen LogP contribution < -0.4 is 25.5 Å². The Morgan fingerprint density at radius 3 is 1.55 bits per heavy atom. The van der Waals surface area contributed by atoms with Gasteiger partial charge in [0, 0.05) is 43.3 Å². The Morgan fingerprint density at radius 1 is 0.425 bits per heavy atom. The maximum atomic E-state index is 2.62. The lowest BCUT2D eigenvalue weighted by Crippen LogP contribution is -2.60. The molecule has 1 spiro atoms. The topological polar surface area (TPSA) is 6.48 Å². The number of hydrogen-bond donors (Lipinski definition) is 0. The molecule has 0 saturated heterocycles. The van der Waals surface area contributed by atoms with Gasteiger partial charge in [0.25, 0.3) is 6.71 Å². The first kappa shape index (κ1) is 44.3. The van der Waals surface area contributed by atoms with Gasteiger partial charge in [0.1, 0.15) is 0 Å². The minimum Gasteiger partial charge on any atom is -0.311 e. The van der Waals surface area contributed by atoms with Crippen molar-refractivity contribution in [1.29, 1.82) is 0 Å². The van der Waals surface area contributed by atoms with Crippen molar-refractivity contribution in [3.63, 3.8) is 0 Å².